The molecule has 1 aliphatic heterocycles. The third-order valence-corrected chi connectivity index (χ3v) is 4.57. The minimum atomic E-state index is -0.0746. The van der Waals surface area contributed by atoms with E-state index in [0.717, 1.165) is 36.3 Å². The maximum Gasteiger partial charge on any atom is 0.327 e. The summed E-state index contributed by atoms with van der Waals surface area (Å²) in [6.45, 7) is 5.99. The number of nitrogens with zero attached hydrogens (tertiary/aromatic N) is 3. The summed E-state index contributed by atoms with van der Waals surface area (Å²) in [4.78, 5) is 21.9. The molecule has 4 rings (SSSR count). The van der Waals surface area contributed by atoms with Gasteiger partial charge in [-0.15, -0.1) is 0 Å². The lowest BCUT2D eigenvalue weighted by molar-refractivity contribution is 0.175. The lowest BCUT2D eigenvalue weighted by atomic mass is 10.1. The molecule has 5 heteroatoms. The van der Waals surface area contributed by atoms with Crippen LogP contribution in [-0.2, 0) is 6.54 Å². The molecule has 0 atom stereocenters. The van der Waals surface area contributed by atoms with Gasteiger partial charge < -0.3 is 4.90 Å². The van der Waals surface area contributed by atoms with Gasteiger partial charge in [0, 0.05) is 24.8 Å². The highest BCUT2D eigenvalue weighted by atomic mass is 16.1. The van der Waals surface area contributed by atoms with Gasteiger partial charge in [-0.3, -0.25) is 9.55 Å². The molecule has 1 fully saturated rings. The van der Waals surface area contributed by atoms with Crippen LogP contribution in [0.4, 0.5) is 0 Å². The maximum atomic E-state index is 12.2. The van der Waals surface area contributed by atoms with E-state index < -0.39 is 0 Å². The van der Waals surface area contributed by atoms with Crippen molar-refractivity contribution in [1.82, 2.24) is 19.4 Å². The number of likely N-dealkylation sites (tertiary alicyclic amines) is 1. The predicted molar refractivity (Wildman–Crippen MR) is 91.6 cm³/mol. The Kier molecular flexibility index (Phi) is 3.50. The minimum Gasteiger partial charge on any atom is -0.301 e. The SMILES string of the molecule is Cc1cccc(-c2cnc3[nH]c(=O)n(CCN4CCC4)c3c2)c1. The van der Waals surface area contributed by atoms with Gasteiger partial charge in [0.2, 0.25) is 0 Å². The summed E-state index contributed by atoms with van der Waals surface area (Å²) in [7, 11) is 0. The molecule has 1 saturated heterocycles. The zero-order valence-electron chi connectivity index (χ0n) is 13.2. The van der Waals surface area contributed by atoms with E-state index in [-0.39, 0.29) is 5.69 Å². The molecular formula is C18H20N4O. The summed E-state index contributed by atoms with van der Waals surface area (Å²) < 4.78 is 1.81. The Hall–Kier alpha value is -2.40. The van der Waals surface area contributed by atoms with E-state index in [9.17, 15) is 4.79 Å². The molecule has 118 valence electrons. The van der Waals surface area contributed by atoms with Crippen molar-refractivity contribution in [3.05, 3.63) is 52.6 Å². The van der Waals surface area contributed by atoms with Crippen LogP contribution >= 0.6 is 0 Å². The summed E-state index contributed by atoms with van der Waals surface area (Å²) in [6.07, 6.45) is 3.09. The van der Waals surface area contributed by atoms with Crippen molar-refractivity contribution in [2.24, 2.45) is 0 Å². The quantitative estimate of drug-likeness (QED) is 0.805. The summed E-state index contributed by atoms with van der Waals surface area (Å²) in [6, 6.07) is 10.4. The Balaban J connectivity index is 1.72. The number of pyridine rings is 1. The number of benzene rings is 1. The van der Waals surface area contributed by atoms with Crippen molar-refractivity contribution in [2.45, 2.75) is 19.9 Å². The fourth-order valence-corrected chi connectivity index (χ4v) is 3.08. The van der Waals surface area contributed by atoms with Gasteiger partial charge in [0.1, 0.15) is 0 Å². The lowest BCUT2D eigenvalue weighted by Crippen LogP contribution is -2.40. The fourth-order valence-electron chi connectivity index (χ4n) is 3.08. The number of aromatic amines is 1. The van der Waals surface area contributed by atoms with Crippen LogP contribution in [0.1, 0.15) is 12.0 Å². The Labute approximate surface area is 134 Å². The number of aromatic nitrogens is 3. The predicted octanol–water partition coefficient (Wildman–Crippen LogP) is 2.41. The first kappa shape index (κ1) is 14.2. The van der Waals surface area contributed by atoms with Gasteiger partial charge >= 0.3 is 5.69 Å². The van der Waals surface area contributed by atoms with E-state index in [1.807, 2.05) is 12.3 Å². The van der Waals surface area contributed by atoms with Crippen LogP contribution in [0.5, 0.6) is 0 Å². The van der Waals surface area contributed by atoms with Crippen molar-refractivity contribution in [2.75, 3.05) is 19.6 Å². The average Bonchev–Trinajstić information content (AvgIpc) is 2.81. The summed E-state index contributed by atoms with van der Waals surface area (Å²) in [5.41, 5.74) is 4.85. The van der Waals surface area contributed by atoms with Crippen molar-refractivity contribution in [3.8, 4) is 11.1 Å². The molecule has 0 radical (unpaired) electrons. The second kappa shape index (κ2) is 5.66. The van der Waals surface area contributed by atoms with Crippen LogP contribution in [0.2, 0.25) is 0 Å². The fraction of sp³-hybridized carbons (Fsp3) is 0.333. The third kappa shape index (κ3) is 2.68. The first-order valence-electron chi connectivity index (χ1n) is 8.09. The first-order valence-corrected chi connectivity index (χ1v) is 8.09. The second-order valence-electron chi connectivity index (χ2n) is 6.24. The van der Waals surface area contributed by atoms with Crippen LogP contribution in [0.3, 0.4) is 0 Å². The summed E-state index contributed by atoms with van der Waals surface area (Å²) >= 11 is 0. The Bertz CT molecular complexity index is 905. The van der Waals surface area contributed by atoms with Crippen LogP contribution in [-0.4, -0.2) is 39.1 Å². The van der Waals surface area contributed by atoms with Crippen molar-refractivity contribution in [3.63, 3.8) is 0 Å². The highest BCUT2D eigenvalue weighted by molar-refractivity contribution is 5.78. The highest BCUT2D eigenvalue weighted by Crippen LogP contribution is 2.22. The monoisotopic (exact) mass is 308 g/mol. The molecule has 1 aromatic carbocycles. The van der Waals surface area contributed by atoms with Crippen molar-refractivity contribution >= 4 is 11.2 Å². The van der Waals surface area contributed by atoms with E-state index >= 15 is 0 Å². The number of rotatable bonds is 4. The van der Waals surface area contributed by atoms with Gasteiger partial charge in [-0.05, 0) is 38.1 Å². The molecule has 0 amide bonds. The molecule has 3 heterocycles. The zero-order chi connectivity index (χ0) is 15.8. The Morgan fingerprint density at radius 1 is 1.17 bits per heavy atom. The minimum absolute atomic E-state index is 0.0746. The molecule has 1 N–H and O–H groups in total. The number of fused-ring (bicyclic) bond motifs is 1. The van der Waals surface area contributed by atoms with Crippen LogP contribution in [0, 0.1) is 6.92 Å². The number of aryl methyl sites for hydroxylation is 1. The van der Waals surface area contributed by atoms with Crippen molar-refractivity contribution in [1.29, 1.82) is 0 Å². The van der Waals surface area contributed by atoms with Gasteiger partial charge in [0.15, 0.2) is 5.65 Å². The van der Waals surface area contributed by atoms with E-state index in [1.165, 1.54) is 12.0 Å². The molecule has 5 nitrogen and oxygen atoms in total. The molecule has 2 aromatic heterocycles. The first-order chi connectivity index (χ1) is 11.2. The lowest BCUT2D eigenvalue weighted by Gasteiger charge is -2.30. The molecule has 3 aromatic rings. The number of hydrogen-bond acceptors (Lipinski definition) is 3. The van der Waals surface area contributed by atoms with Gasteiger partial charge in [0.05, 0.1) is 5.52 Å². The van der Waals surface area contributed by atoms with E-state index in [4.69, 9.17) is 0 Å². The number of nitrogens with one attached hydrogen (secondary N) is 1. The number of imidazole rings is 1. The number of hydrogen-bond donors (Lipinski definition) is 1. The smallest absolute Gasteiger partial charge is 0.301 e. The van der Waals surface area contributed by atoms with Gasteiger partial charge in [-0.1, -0.05) is 29.8 Å². The van der Waals surface area contributed by atoms with Crippen LogP contribution in [0.15, 0.2) is 41.3 Å². The molecular weight excluding hydrogens is 288 g/mol. The van der Waals surface area contributed by atoms with Gasteiger partial charge in [0.25, 0.3) is 0 Å². The maximum absolute atomic E-state index is 12.2. The van der Waals surface area contributed by atoms with Crippen molar-refractivity contribution < 1.29 is 0 Å². The van der Waals surface area contributed by atoms with Crippen LogP contribution < -0.4 is 5.69 Å². The topological polar surface area (TPSA) is 53.9 Å². The molecule has 1 aliphatic rings. The van der Waals surface area contributed by atoms with Gasteiger partial charge in [-0.25, -0.2) is 9.78 Å². The zero-order valence-corrected chi connectivity index (χ0v) is 13.2. The standard InChI is InChI=1S/C18H20N4O/c1-13-4-2-5-14(10-13)15-11-16-17(19-12-15)20-18(23)22(16)9-8-21-6-3-7-21/h2,4-5,10-12H,3,6-9H2,1H3,(H,19,20,23). The summed E-state index contributed by atoms with van der Waals surface area (Å²) in [5, 5.41) is 0. The third-order valence-electron chi connectivity index (χ3n) is 4.57. The summed E-state index contributed by atoms with van der Waals surface area (Å²) in [5.74, 6) is 0. The van der Waals surface area contributed by atoms with E-state index in [0.29, 0.717) is 12.2 Å². The van der Waals surface area contributed by atoms with E-state index in [1.54, 1.807) is 4.57 Å². The van der Waals surface area contributed by atoms with Gasteiger partial charge in [-0.2, -0.15) is 0 Å². The second-order valence-corrected chi connectivity index (χ2v) is 6.24. The largest absolute Gasteiger partial charge is 0.327 e. The molecule has 0 aliphatic carbocycles. The van der Waals surface area contributed by atoms with E-state index in [2.05, 4.69) is 46.1 Å². The number of H-pyrrole nitrogens is 1. The molecule has 0 spiro atoms. The normalized spacial score (nSPS) is 15.0. The molecule has 0 bridgehead atoms. The van der Waals surface area contributed by atoms with Crippen LogP contribution in [0.25, 0.3) is 22.3 Å². The average molecular weight is 308 g/mol. The Morgan fingerprint density at radius 2 is 2.04 bits per heavy atom. The molecule has 0 saturated carbocycles. The highest BCUT2D eigenvalue weighted by Gasteiger charge is 2.15. The Morgan fingerprint density at radius 3 is 2.78 bits per heavy atom. The molecule has 0 unspecified atom stereocenters. The molecule has 23 heavy (non-hydrogen) atoms.